The molecule has 2 saturated heterocycles. The molecule has 140 valence electrons. The molecule has 2 aliphatic rings. The maximum absolute atomic E-state index is 12.1. The van der Waals surface area contributed by atoms with E-state index in [-0.39, 0.29) is 18.2 Å². The number of nitrogens with zero attached hydrogens (tertiary/aromatic N) is 2. The molecule has 3 N–H and O–H groups in total. The highest BCUT2D eigenvalue weighted by atomic mass is 32.2. The van der Waals surface area contributed by atoms with E-state index in [9.17, 15) is 23.3 Å². The zero-order valence-electron chi connectivity index (χ0n) is 14.2. The fourth-order valence-electron chi connectivity index (χ4n) is 3.09. The van der Waals surface area contributed by atoms with Crippen LogP contribution in [0.1, 0.15) is 38.5 Å². The van der Waals surface area contributed by atoms with Gasteiger partial charge in [0.2, 0.25) is 11.8 Å². The van der Waals surface area contributed by atoms with Gasteiger partial charge < -0.3 is 10.6 Å². The minimum absolute atomic E-state index is 0.105. The summed E-state index contributed by atoms with van der Waals surface area (Å²) in [5.74, 6) is -0.987. The standard InChI is InChI=1S/C15H25N5O4S/c16-10-13(9-12-5-4-6-17-15(12)22)19-14(21)11-18-25(23,24)20-7-2-1-3-8-20/h12-13,18H,1-9,11H2,(H,17,22)(H,19,21)/t12-,13-/m0/s1. The molecule has 0 aromatic heterocycles. The van der Waals surface area contributed by atoms with Gasteiger partial charge in [-0.2, -0.15) is 22.7 Å². The average Bonchev–Trinajstić information content (AvgIpc) is 2.62. The molecule has 2 rings (SSSR count). The van der Waals surface area contributed by atoms with Crippen LogP contribution >= 0.6 is 0 Å². The van der Waals surface area contributed by atoms with Crippen LogP contribution in [-0.4, -0.2) is 56.8 Å². The topological polar surface area (TPSA) is 131 Å². The monoisotopic (exact) mass is 371 g/mol. The van der Waals surface area contributed by atoms with Gasteiger partial charge in [-0.1, -0.05) is 6.42 Å². The summed E-state index contributed by atoms with van der Waals surface area (Å²) in [6.45, 7) is 1.12. The van der Waals surface area contributed by atoms with E-state index in [1.807, 2.05) is 6.07 Å². The Kier molecular flexibility index (Phi) is 7.16. The van der Waals surface area contributed by atoms with Gasteiger partial charge in [-0.3, -0.25) is 9.59 Å². The van der Waals surface area contributed by atoms with Crippen molar-refractivity contribution in [3.05, 3.63) is 0 Å². The van der Waals surface area contributed by atoms with Gasteiger partial charge in [0, 0.05) is 25.6 Å². The number of nitriles is 1. The van der Waals surface area contributed by atoms with Gasteiger partial charge in [0.1, 0.15) is 6.04 Å². The third kappa shape index (κ3) is 5.95. The van der Waals surface area contributed by atoms with E-state index in [1.54, 1.807) is 0 Å². The molecule has 9 nitrogen and oxygen atoms in total. The molecule has 2 amide bonds. The van der Waals surface area contributed by atoms with Gasteiger partial charge in [-0.25, -0.2) is 0 Å². The van der Waals surface area contributed by atoms with Crippen molar-refractivity contribution in [2.24, 2.45) is 5.92 Å². The normalized spacial score (nSPS) is 23.3. The molecule has 0 spiro atoms. The smallest absolute Gasteiger partial charge is 0.279 e. The van der Waals surface area contributed by atoms with E-state index in [4.69, 9.17) is 0 Å². The second-order valence-electron chi connectivity index (χ2n) is 6.40. The Hall–Kier alpha value is -1.70. The zero-order valence-corrected chi connectivity index (χ0v) is 15.0. The number of rotatable bonds is 7. The van der Waals surface area contributed by atoms with E-state index in [0.29, 0.717) is 26.1 Å². The van der Waals surface area contributed by atoms with Crippen molar-refractivity contribution in [1.29, 1.82) is 5.26 Å². The number of nitrogens with one attached hydrogen (secondary N) is 3. The van der Waals surface area contributed by atoms with Crippen LogP contribution in [0.25, 0.3) is 0 Å². The van der Waals surface area contributed by atoms with Crippen molar-refractivity contribution in [1.82, 2.24) is 19.7 Å². The van der Waals surface area contributed by atoms with E-state index >= 15 is 0 Å². The van der Waals surface area contributed by atoms with Crippen LogP contribution in [0.5, 0.6) is 0 Å². The van der Waals surface area contributed by atoms with Gasteiger partial charge in [0.05, 0.1) is 12.6 Å². The Morgan fingerprint density at radius 3 is 2.68 bits per heavy atom. The summed E-state index contributed by atoms with van der Waals surface area (Å²) in [7, 11) is -3.68. The van der Waals surface area contributed by atoms with Crippen molar-refractivity contribution in [2.45, 2.75) is 44.6 Å². The van der Waals surface area contributed by atoms with Crippen LogP contribution in [0.3, 0.4) is 0 Å². The number of carbonyl (C=O) groups excluding carboxylic acids is 2. The Labute approximate surface area is 148 Å². The molecule has 0 radical (unpaired) electrons. The van der Waals surface area contributed by atoms with E-state index in [2.05, 4.69) is 15.4 Å². The van der Waals surface area contributed by atoms with Crippen LogP contribution in [0, 0.1) is 17.2 Å². The molecule has 2 atom stereocenters. The molecular formula is C15H25N5O4S. The molecule has 2 heterocycles. The molecule has 0 aromatic carbocycles. The first kappa shape index (κ1) is 19.6. The van der Waals surface area contributed by atoms with E-state index in [0.717, 1.165) is 25.7 Å². The second kappa shape index (κ2) is 9.12. The predicted molar refractivity (Wildman–Crippen MR) is 90.2 cm³/mol. The molecule has 0 unspecified atom stereocenters. The van der Waals surface area contributed by atoms with Crippen molar-refractivity contribution in [2.75, 3.05) is 26.2 Å². The first-order valence-electron chi connectivity index (χ1n) is 8.64. The van der Waals surface area contributed by atoms with Gasteiger partial charge in [-0.05, 0) is 32.1 Å². The molecular weight excluding hydrogens is 346 g/mol. The lowest BCUT2D eigenvalue weighted by Gasteiger charge is -2.26. The largest absolute Gasteiger partial charge is 0.356 e. The molecule has 0 saturated carbocycles. The maximum Gasteiger partial charge on any atom is 0.279 e. The first-order valence-corrected chi connectivity index (χ1v) is 10.1. The molecule has 0 aromatic rings. The molecule has 2 fully saturated rings. The minimum atomic E-state index is -3.68. The SMILES string of the molecule is N#C[C@H](C[C@@H]1CCCNC1=O)NC(=O)CNS(=O)(=O)N1CCCCC1. The zero-order chi connectivity index (χ0) is 18.3. The summed E-state index contributed by atoms with van der Waals surface area (Å²) in [6, 6.07) is 1.14. The Balaban J connectivity index is 1.79. The van der Waals surface area contributed by atoms with Gasteiger partial charge in [0.15, 0.2) is 0 Å². The third-order valence-corrected chi connectivity index (χ3v) is 6.03. The highest BCUT2D eigenvalue weighted by molar-refractivity contribution is 7.87. The van der Waals surface area contributed by atoms with Crippen LogP contribution in [0.4, 0.5) is 0 Å². The van der Waals surface area contributed by atoms with Gasteiger partial charge in [-0.15, -0.1) is 0 Å². The van der Waals surface area contributed by atoms with Crippen LogP contribution in [-0.2, 0) is 19.8 Å². The van der Waals surface area contributed by atoms with Crippen molar-refractivity contribution in [3.63, 3.8) is 0 Å². The molecule has 0 aliphatic carbocycles. The van der Waals surface area contributed by atoms with Crippen LogP contribution in [0.15, 0.2) is 0 Å². The second-order valence-corrected chi connectivity index (χ2v) is 8.16. The summed E-state index contributed by atoms with van der Waals surface area (Å²) >= 11 is 0. The molecule has 0 bridgehead atoms. The van der Waals surface area contributed by atoms with E-state index in [1.165, 1.54) is 4.31 Å². The first-order chi connectivity index (χ1) is 11.9. The summed E-state index contributed by atoms with van der Waals surface area (Å²) in [4.78, 5) is 23.7. The minimum Gasteiger partial charge on any atom is -0.356 e. The maximum atomic E-state index is 12.1. The Bertz CT molecular complexity index is 624. The van der Waals surface area contributed by atoms with Crippen LogP contribution < -0.4 is 15.4 Å². The number of hydrogen-bond acceptors (Lipinski definition) is 5. The molecule has 25 heavy (non-hydrogen) atoms. The highest BCUT2D eigenvalue weighted by Gasteiger charge is 2.27. The van der Waals surface area contributed by atoms with Crippen LogP contribution in [0.2, 0.25) is 0 Å². The number of amides is 2. The third-order valence-electron chi connectivity index (χ3n) is 4.48. The summed E-state index contributed by atoms with van der Waals surface area (Å²) in [6.07, 6.45) is 4.39. The highest BCUT2D eigenvalue weighted by Crippen LogP contribution is 2.17. The van der Waals surface area contributed by atoms with Gasteiger partial charge >= 0.3 is 0 Å². The lowest BCUT2D eigenvalue weighted by atomic mass is 9.92. The van der Waals surface area contributed by atoms with Crippen molar-refractivity contribution in [3.8, 4) is 6.07 Å². The summed E-state index contributed by atoms with van der Waals surface area (Å²) < 4.78 is 27.8. The quantitative estimate of drug-likeness (QED) is 0.541. The lowest BCUT2D eigenvalue weighted by molar-refractivity contribution is -0.127. The summed E-state index contributed by atoms with van der Waals surface area (Å²) in [5, 5.41) is 14.4. The fraction of sp³-hybridized carbons (Fsp3) is 0.800. The Morgan fingerprint density at radius 1 is 1.32 bits per heavy atom. The Morgan fingerprint density at radius 2 is 2.04 bits per heavy atom. The van der Waals surface area contributed by atoms with E-state index < -0.39 is 28.7 Å². The average molecular weight is 371 g/mol. The van der Waals surface area contributed by atoms with Crippen molar-refractivity contribution < 1.29 is 18.0 Å². The fourth-order valence-corrected chi connectivity index (χ4v) is 4.32. The predicted octanol–water partition coefficient (Wildman–Crippen LogP) is -0.769. The molecule has 10 heteroatoms. The van der Waals surface area contributed by atoms with Crippen molar-refractivity contribution >= 4 is 22.0 Å². The van der Waals surface area contributed by atoms with Gasteiger partial charge in [0.25, 0.3) is 10.2 Å². The summed E-state index contributed by atoms with van der Waals surface area (Å²) in [5.41, 5.74) is 0. The number of piperidine rings is 2. The number of carbonyl (C=O) groups is 2. The lowest BCUT2D eigenvalue weighted by Crippen LogP contribution is -2.48. The number of hydrogen-bond donors (Lipinski definition) is 3. The molecule has 2 aliphatic heterocycles.